The summed E-state index contributed by atoms with van der Waals surface area (Å²) < 4.78 is 12.8. The highest BCUT2D eigenvalue weighted by molar-refractivity contribution is 5.97. The SMILES string of the molecule is COc1ccc(C(=O)N2CCC(n3c(C)cnc3C)C2)c(OC)c1. The van der Waals surface area contributed by atoms with Crippen molar-refractivity contribution in [3.63, 3.8) is 0 Å². The summed E-state index contributed by atoms with van der Waals surface area (Å²) in [7, 11) is 3.16. The fraction of sp³-hybridized carbons (Fsp3) is 0.444. The predicted molar refractivity (Wildman–Crippen MR) is 90.8 cm³/mol. The summed E-state index contributed by atoms with van der Waals surface area (Å²) in [6.07, 6.45) is 2.81. The first-order valence-electron chi connectivity index (χ1n) is 8.07. The average molecular weight is 329 g/mol. The number of amides is 1. The van der Waals surface area contributed by atoms with Crippen LogP contribution in [0.5, 0.6) is 11.5 Å². The van der Waals surface area contributed by atoms with Crippen molar-refractivity contribution in [2.24, 2.45) is 0 Å². The summed E-state index contributed by atoms with van der Waals surface area (Å²) in [5, 5.41) is 0. The molecule has 128 valence electrons. The first kappa shape index (κ1) is 16.4. The molecule has 1 fully saturated rings. The van der Waals surface area contributed by atoms with Gasteiger partial charge in [-0.2, -0.15) is 0 Å². The maximum atomic E-state index is 12.9. The van der Waals surface area contributed by atoms with E-state index in [1.165, 1.54) is 0 Å². The van der Waals surface area contributed by atoms with Crippen molar-refractivity contribution in [2.45, 2.75) is 26.3 Å². The minimum Gasteiger partial charge on any atom is -0.497 e. The number of rotatable bonds is 4. The fourth-order valence-corrected chi connectivity index (χ4v) is 3.40. The quantitative estimate of drug-likeness (QED) is 0.865. The predicted octanol–water partition coefficient (Wildman–Crippen LogP) is 2.60. The Morgan fingerprint density at radius 2 is 2.04 bits per heavy atom. The van der Waals surface area contributed by atoms with Gasteiger partial charge < -0.3 is 18.9 Å². The lowest BCUT2D eigenvalue weighted by atomic mass is 10.1. The number of benzene rings is 1. The van der Waals surface area contributed by atoms with E-state index in [-0.39, 0.29) is 11.9 Å². The Balaban J connectivity index is 1.80. The smallest absolute Gasteiger partial charge is 0.257 e. The first-order chi connectivity index (χ1) is 11.5. The van der Waals surface area contributed by atoms with Gasteiger partial charge in [-0.05, 0) is 32.4 Å². The van der Waals surface area contributed by atoms with Gasteiger partial charge in [0.1, 0.15) is 17.3 Å². The molecule has 1 aliphatic rings. The fourth-order valence-electron chi connectivity index (χ4n) is 3.40. The van der Waals surface area contributed by atoms with E-state index >= 15 is 0 Å². The molecule has 2 heterocycles. The molecule has 3 rings (SSSR count). The number of hydrogen-bond acceptors (Lipinski definition) is 4. The van der Waals surface area contributed by atoms with Gasteiger partial charge in [-0.15, -0.1) is 0 Å². The second-order valence-corrected chi connectivity index (χ2v) is 6.08. The van der Waals surface area contributed by atoms with Crippen molar-refractivity contribution in [1.29, 1.82) is 0 Å². The molecule has 1 unspecified atom stereocenters. The van der Waals surface area contributed by atoms with Crippen LogP contribution < -0.4 is 9.47 Å². The van der Waals surface area contributed by atoms with Gasteiger partial charge in [-0.1, -0.05) is 0 Å². The minimum absolute atomic E-state index is 0.00701. The van der Waals surface area contributed by atoms with Gasteiger partial charge in [0.25, 0.3) is 5.91 Å². The van der Waals surface area contributed by atoms with Crippen LogP contribution in [-0.4, -0.2) is 47.7 Å². The Morgan fingerprint density at radius 3 is 2.67 bits per heavy atom. The molecule has 6 heteroatoms. The Bertz CT molecular complexity index is 734. The molecule has 0 N–H and O–H groups in total. The number of likely N-dealkylation sites (tertiary alicyclic amines) is 1. The number of imidazole rings is 1. The number of methoxy groups -OCH3 is 2. The molecular formula is C18H23N3O3. The van der Waals surface area contributed by atoms with Crippen LogP contribution in [0.1, 0.15) is 34.3 Å². The van der Waals surface area contributed by atoms with Crippen LogP contribution in [-0.2, 0) is 0 Å². The summed E-state index contributed by atoms with van der Waals surface area (Å²) >= 11 is 0. The van der Waals surface area contributed by atoms with E-state index < -0.39 is 0 Å². The van der Waals surface area contributed by atoms with Crippen molar-refractivity contribution in [3.05, 3.63) is 41.5 Å². The van der Waals surface area contributed by atoms with Gasteiger partial charge in [0.2, 0.25) is 0 Å². The highest BCUT2D eigenvalue weighted by atomic mass is 16.5. The standard InChI is InChI=1S/C18H23N3O3/c1-12-10-19-13(2)21(12)14-7-8-20(11-14)18(22)16-6-5-15(23-3)9-17(16)24-4/h5-6,9-10,14H,7-8,11H2,1-4H3. The van der Waals surface area contributed by atoms with Crippen LogP contribution >= 0.6 is 0 Å². The largest absolute Gasteiger partial charge is 0.497 e. The first-order valence-corrected chi connectivity index (χ1v) is 8.07. The normalized spacial score (nSPS) is 17.2. The summed E-state index contributed by atoms with van der Waals surface area (Å²) in [5.74, 6) is 2.20. The monoisotopic (exact) mass is 329 g/mol. The maximum absolute atomic E-state index is 12.9. The Hall–Kier alpha value is -2.50. The van der Waals surface area contributed by atoms with Gasteiger partial charge in [-0.3, -0.25) is 4.79 Å². The lowest BCUT2D eigenvalue weighted by molar-refractivity contribution is 0.0784. The molecule has 6 nitrogen and oxygen atoms in total. The van der Waals surface area contributed by atoms with Crippen LogP contribution in [0.3, 0.4) is 0 Å². The molecule has 0 spiro atoms. The molecule has 1 amide bonds. The van der Waals surface area contributed by atoms with Gasteiger partial charge in [0.15, 0.2) is 0 Å². The molecule has 0 saturated carbocycles. The van der Waals surface area contributed by atoms with Crippen LogP contribution in [0.25, 0.3) is 0 Å². The van der Waals surface area contributed by atoms with E-state index in [1.807, 2.05) is 18.0 Å². The molecule has 0 aliphatic carbocycles. The number of carbonyl (C=O) groups is 1. The van der Waals surface area contributed by atoms with E-state index in [1.54, 1.807) is 32.4 Å². The Morgan fingerprint density at radius 1 is 1.25 bits per heavy atom. The van der Waals surface area contributed by atoms with Crippen molar-refractivity contribution < 1.29 is 14.3 Å². The zero-order valence-corrected chi connectivity index (χ0v) is 14.6. The molecule has 24 heavy (non-hydrogen) atoms. The molecule has 2 aromatic rings. The summed E-state index contributed by atoms with van der Waals surface area (Å²) in [6, 6.07) is 5.57. The summed E-state index contributed by atoms with van der Waals surface area (Å²) in [5.41, 5.74) is 1.70. The Labute approximate surface area is 142 Å². The van der Waals surface area contributed by atoms with Crippen molar-refractivity contribution in [1.82, 2.24) is 14.5 Å². The zero-order valence-electron chi connectivity index (χ0n) is 14.6. The van der Waals surface area contributed by atoms with E-state index in [0.717, 1.165) is 24.5 Å². The van der Waals surface area contributed by atoms with Crippen molar-refractivity contribution >= 4 is 5.91 Å². The van der Waals surface area contributed by atoms with E-state index in [0.29, 0.717) is 23.6 Å². The second-order valence-electron chi connectivity index (χ2n) is 6.08. The van der Waals surface area contributed by atoms with Gasteiger partial charge >= 0.3 is 0 Å². The van der Waals surface area contributed by atoms with Crippen LogP contribution in [0, 0.1) is 13.8 Å². The van der Waals surface area contributed by atoms with Crippen molar-refractivity contribution in [2.75, 3.05) is 27.3 Å². The molecule has 0 radical (unpaired) electrons. The molecular weight excluding hydrogens is 306 g/mol. The number of aromatic nitrogens is 2. The lowest BCUT2D eigenvalue weighted by Crippen LogP contribution is -2.29. The topological polar surface area (TPSA) is 56.6 Å². The maximum Gasteiger partial charge on any atom is 0.257 e. The lowest BCUT2D eigenvalue weighted by Gasteiger charge is -2.20. The van der Waals surface area contributed by atoms with Crippen LogP contribution in [0.15, 0.2) is 24.4 Å². The van der Waals surface area contributed by atoms with Gasteiger partial charge in [-0.25, -0.2) is 4.98 Å². The Kier molecular flexibility index (Phi) is 4.46. The molecule has 1 aromatic heterocycles. The highest BCUT2D eigenvalue weighted by Crippen LogP contribution is 2.30. The highest BCUT2D eigenvalue weighted by Gasteiger charge is 2.30. The molecule has 1 aromatic carbocycles. The third kappa shape index (κ3) is 2.84. The number of carbonyl (C=O) groups excluding carboxylic acids is 1. The van der Waals surface area contributed by atoms with Gasteiger partial charge in [0, 0.05) is 31.0 Å². The van der Waals surface area contributed by atoms with E-state index in [2.05, 4.69) is 16.5 Å². The minimum atomic E-state index is -0.00701. The molecule has 1 atom stereocenters. The van der Waals surface area contributed by atoms with E-state index in [4.69, 9.17) is 9.47 Å². The summed E-state index contributed by atoms with van der Waals surface area (Å²) in [4.78, 5) is 19.1. The van der Waals surface area contributed by atoms with Crippen LogP contribution in [0.4, 0.5) is 0 Å². The van der Waals surface area contributed by atoms with Gasteiger partial charge in [0.05, 0.1) is 25.8 Å². The average Bonchev–Trinajstić information content (AvgIpc) is 3.20. The zero-order chi connectivity index (χ0) is 17.3. The van der Waals surface area contributed by atoms with E-state index in [9.17, 15) is 4.79 Å². The number of aryl methyl sites for hydroxylation is 2. The second kappa shape index (κ2) is 6.55. The summed E-state index contributed by atoms with van der Waals surface area (Å²) in [6.45, 7) is 5.47. The number of hydrogen-bond donors (Lipinski definition) is 0. The molecule has 1 saturated heterocycles. The van der Waals surface area contributed by atoms with Crippen LogP contribution in [0.2, 0.25) is 0 Å². The molecule has 1 aliphatic heterocycles. The number of nitrogens with zero attached hydrogens (tertiary/aromatic N) is 3. The third-order valence-electron chi connectivity index (χ3n) is 4.62. The third-order valence-corrected chi connectivity index (χ3v) is 4.62. The molecule has 0 bridgehead atoms. The van der Waals surface area contributed by atoms with Crippen molar-refractivity contribution in [3.8, 4) is 11.5 Å². The number of ether oxygens (including phenoxy) is 2.